The number of hydrogen-bond acceptors (Lipinski definition) is 7. The Kier molecular flexibility index (Phi) is 4.76. The Morgan fingerprint density at radius 2 is 2.25 bits per heavy atom. The maximum Gasteiger partial charge on any atom is 0.347 e. The van der Waals surface area contributed by atoms with Crippen molar-refractivity contribution in [2.24, 2.45) is 5.92 Å². The van der Waals surface area contributed by atoms with Crippen molar-refractivity contribution in [2.75, 3.05) is 12.4 Å². The summed E-state index contributed by atoms with van der Waals surface area (Å²) >= 11 is 0. The zero-order valence-corrected chi connectivity index (χ0v) is 15.2. The van der Waals surface area contributed by atoms with Crippen LogP contribution in [0.25, 0.3) is 17.0 Å². The monoisotopic (exact) mass is 386 g/mol. The number of aromatic amines is 1. The van der Waals surface area contributed by atoms with Crippen LogP contribution in [-0.2, 0) is 9.53 Å². The van der Waals surface area contributed by atoms with Gasteiger partial charge in [-0.25, -0.2) is 28.7 Å². The lowest BCUT2D eigenvalue weighted by molar-refractivity contribution is -0.146. The molecule has 0 bridgehead atoms. The molecular formula is C18H19FN6O3. The summed E-state index contributed by atoms with van der Waals surface area (Å²) in [4.78, 5) is 31.9. The summed E-state index contributed by atoms with van der Waals surface area (Å²) < 4.78 is 20.4. The Morgan fingerprint density at radius 3 is 3.07 bits per heavy atom. The molecule has 2 atom stereocenters. The Morgan fingerprint density at radius 1 is 1.39 bits per heavy atom. The second-order valence-corrected chi connectivity index (χ2v) is 6.79. The fourth-order valence-corrected chi connectivity index (χ4v) is 3.54. The maximum absolute atomic E-state index is 14.3. The van der Waals surface area contributed by atoms with Gasteiger partial charge in [-0.2, -0.15) is 5.10 Å². The van der Waals surface area contributed by atoms with E-state index in [-0.39, 0.29) is 35.3 Å². The zero-order valence-electron chi connectivity index (χ0n) is 15.2. The molecule has 0 aromatic carbocycles. The van der Waals surface area contributed by atoms with Crippen molar-refractivity contribution in [3.05, 3.63) is 40.8 Å². The second-order valence-electron chi connectivity index (χ2n) is 6.79. The molecule has 1 unspecified atom stereocenters. The quantitative estimate of drug-likeness (QED) is 0.657. The summed E-state index contributed by atoms with van der Waals surface area (Å²) in [6.07, 6.45) is 5.61. The number of rotatable bonds is 4. The van der Waals surface area contributed by atoms with E-state index < -0.39 is 5.82 Å². The molecule has 146 valence electrons. The lowest BCUT2D eigenvalue weighted by Crippen LogP contribution is -2.32. The number of carbonyl (C=O) groups excluding carboxylic acids is 1. The first kappa shape index (κ1) is 18.1. The molecule has 28 heavy (non-hydrogen) atoms. The van der Waals surface area contributed by atoms with Crippen LogP contribution in [0.2, 0.25) is 0 Å². The van der Waals surface area contributed by atoms with Crippen molar-refractivity contribution in [3.63, 3.8) is 0 Å². The number of aromatic nitrogens is 5. The Hall–Kier alpha value is -3.30. The summed E-state index contributed by atoms with van der Waals surface area (Å²) in [6.45, 7) is 0. The number of nitrogens with zero attached hydrogens (tertiary/aromatic N) is 4. The van der Waals surface area contributed by atoms with E-state index in [1.165, 1.54) is 11.5 Å². The molecule has 1 aliphatic rings. The highest BCUT2D eigenvalue weighted by Gasteiger charge is 2.28. The average molecular weight is 386 g/mol. The van der Waals surface area contributed by atoms with Crippen molar-refractivity contribution in [3.8, 4) is 11.4 Å². The van der Waals surface area contributed by atoms with E-state index in [0.717, 1.165) is 25.5 Å². The van der Waals surface area contributed by atoms with Crippen LogP contribution in [0.15, 0.2) is 29.3 Å². The summed E-state index contributed by atoms with van der Waals surface area (Å²) in [5.74, 6) is -0.671. The number of pyridine rings is 1. The lowest BCUT2D eigenvalue weighted by atomic mass is 9.86. The molecule has 1 aliphatic carbocycles. The van der Waals surface area contributed by atoms with Crippen LogP contribution in [0.4, 0.5) is 10.2 Å². The minimum Gasteiger partial charge on any atom is -0.469 e. The highest BCUT2D eigenvalue weighted by atomic mass is 19.1. The molecular weight excluding hydrogens is 367 g/mol. The van der Waals surface area contributed by atoms with Gasteiger partial charge in [-0.3, -0.25) is 4.79 Å². The SMILES string of the molecule is COC(=O)[C@@H]1CCCC(Nc2nc(-c3ccc4n[nH]c(=O)n4c3)ncc2F)C1. The predicted molar refractivity (Wildman–Crippen MR) is 98.2 cm³/mol. The van der Waals surface area contributed by atoms with E-state index in [1.54, 1.807) is 18.3 Å². The fraction of sp³-hybridized carbons (Fsp3) is 0.389. The number of halogens is 1. The molecule has 0 spiro atoms. The minimum absolute atomic E-state index is 0.0696. The van der Waals surface area contributed by atoms with Gasteiger partial charge in [0.05, 0.1) is 19.2 Å². The number of ether oxygens (including phenoxy) is 1. The van der Waals surface area contributed by atoms with Crippen molar-refractivity contribution in [2.45, 2.75) is 31.7 Å². The number of hydrogen-bond donors (Lipinski definition) is 2. The molecule has 1 saturated carbocycles. The molecule has 1 fully saturated rings. The van der Waals surface area contributed by atoms with Crippen molar-refractivity contribution < 1.29 is 13.9 Å². The molecule has 2 N–H and O–H groups in total. The molecule has 0 radical (unpaired) electrons. The van der Waals surface area contributed by atoms with Gasteiger partial charge < -0.3 is 10.1 Å². The molecule has 0 aliphatic heterocycles. The molecule has 10 heteroatoms. The fourth-order valence-electron chi connectivity index (χ4n) is 3.54. The number of carbonyl (C=O) groups is 1. The number of anilines is 1. The molecule has 4 rings (SSSR count). The number of fused-ring (bicyclic) bond motifs is 1. The summed E-state index contributed by atoms with van der Waals surface area (Å²) in [5.41, 5.74) is 0.633. The number of methoxy groups -OCH3 is 1. The van der Waals surface area contributed by atoms with Gasteiger partial charge in [-0.15, -0.1) is 0 Å². The van der Waals surface area contributed by atoms with Crippen molar-refractivity contribution >= 4 is 17.4 Å². The van der Waals surface area contributed by atoms with Gasteiger partial charge in [0.15, 0.2) is 23.1 Å². The van der Waals surface area contributed by atoms with Crippen LogP contribution < -0.4 is 11.0 Å². The van der Waals surface area contributed by atoms with Crippen LogP contribution in [0.3, 0.4) is 0 Å². The predicted octanol–water partition coefficient (Wildman–Crippen LogP) is 1.76. The molecule has 9 nitrogen and oxygen atoms in total. The highest BCUT2D eigenvalue weighted by Crippen LogP contribution is 2.28. The van der Waals surface area contributed by atoms with Gasteiger partial charge in [-0.1, -0.05) is 6.42 Å². The third-order valence-electron chi connectivity index (χ3n) is 4.96. The van der Waals surface area contributed by atoms with E-state index in [9.17, 15) is 14.0 Å². The molecule has 0 amide bonds. The summed E-state index contributed by atoms with van der Waals surface area (Å²) in [7, 11) is 1.37. The van der Waals surface area contributed by atoms with Gasteiger partial charge in [0.25, 0.3) is 0 Å². The highest BCUT2D eigenvalue weighted by molar-refractivity contribution is 5.72. The molecule has 3 aromatic rings. The van der Waals surface area contributed by atoms with Crippen LogP contribution in [0, 0.1) is 11.7 Å². The third-order valence-corrected chi connectivity index (χ3v) is 4.96. The first-order chi connectivity index (χ1) is 13.5. The Labute approximate surface area is 159 Å². The summed E-state index contributed by atoms with van der Waals surface area (Å²) in [6, 6.07) is 3.27. The van der Waals surface area contributed by atoms with E-state index >= 15 is 0 Å². The maximum atomic E-state index is 14.3. The largest absolute Gasteiger partial charge is 0.469 e. The molecule has 3 aromatic heterocycles. The Bertz CT molecular complexity index is 1080. The van der Waals surface area contributed by atoms with E-state index in [4.69, 9.17) is 4.74 Å². The normalized spacial score (nSPS) is 19.5. The third kappa shape index (κ3) is 3.45. The van der Waals surface area contributed by atoms with Gasteiger partial charge in [0.2, 0.25) is 0 Å². The number of nitrogens with one attached hydrogen (secondary N) is 2. The van der Waals surface area contributed by atoms with Gasteiger partial charge >= 0.3 is 11.7 Å². The van der Waals surface area contributed by atoms with E-state index in [2.05, 4.69) is 25.5 Å². The van der Waals surface area contributed by atoms with Crippen LogP contribution in [-0.4, -0.2) is 43.7 Å². The molecule has 3 heterocycles. The van der Waals surface area contributed by atoms with Gasteiger partial charge in [0, 0.05) is 17.8 Å². The lowest BCUT2D eigenvalue weighted by Gasteiger charge is -2.28. The van der Waals surface area contributed by atoms with Crippen LogP contribution >= 0.6 is 0 Å². The first-order valence-electron chi connectivity index (χ1n) is 8.99. The van der Waals surface area contributed by atoms with Crippen LogP contribution in [0.1, 0.15) is 25.7 Å². The van der Waals surface area contributed by atoms with E-state index in [1.807, 2.05) is 0 Å². The Balaban J connectivity index is 1.59. The first-order valence-corrected chi connectivity index (χ1v) is 8.99. The van der Waals surface area contributed by atoms with Crippen LogP contribution in [0.5, 0.6) is 0 Å². The number of esters is 1. The van der Waals surface area contributed by atoms with E-state index in [0.29, 0.717) is 17.6 Å². The molecule has 0 saturated heterocycles. The zero-order chi connectivity index (χ0) is 19.7. The standard InChI is InChI=1S/C18H19FN6O3/c1-28-17(26)10-3-2-4-12(7-10)21-16-13(19)8-20-15(22-16)11-5-6-14-23-24-18(27)25(14)9-11/h5-6,8-10,12H,2-4,7H2,1H3,(H,24,27)(H,20,21,22)/t10-,12?/m1/s1. The van der Waals surface area contributed by atoms with Gasteiger partial charge in [0.1, 0.15) is 0 Å². The van der Waals surface area contributed by atoms with Crippen molar-refractivity contribution in [1.29, 1.82) is 0 Å². The topological polar surface area (TPSA) is 114 Å². The number of H-pyrrole nitrogens is 1. The second kappa shape index (κ2) is 7.37. The average Bonchev–Trinajstić information content (AvgIpc) is 3.09. The smallest absolute Gasteiger partial charge is 0.347 e. The van der Waals surface area contributed by atoms with Gasteiger partial charge in [-0.05, 0) is 31.4 Å². The van der Waals surface area contributed by atoms with Crippen molar-refractivity contribution in [1.82, 2.24) is 24.6 Å². The summed E-state index contributed by atoms with van der Waals surface area (Å²) in [5, 5.41) is 9.31. The minimum atomic E-state index is -0.578.